The van der Waals surface area contributed by atoms with Crippen molar-refractivity contribution in [1.82, 2.24) is 4.57 Å². The van der Waals surface area contributed by atoms with Gasteiger partial charge in [0, 0.05) is 28.6 Å². The van der Waals surface area contributed by atoms with E-state index < -0.39 is 39.7 Å². The largest absolute Gasteiger partial charge is 0.497 e. The van der Waals surface area contributed by atoms with Crippen molar-refractivity contribution in [3.8, 4) is 5.75 Å². The first-order valence-corrected chi connectivity index (χ1v) is 14.9. The third-order valence-electron chi connectivity index (χ3n) is 7.56. The maximum absolute atomic E-state index is 14.0. The maximum atomic E-state index is 14.0. The van der Waals surface area contributed by atoms with Crippen LogP contribution in [0.4, 0.5) is 17.1 Å². The topological polar surface area (TPSA) is 141 Å². The van der Waals surface area contributed by atoms with E-state index in [-0.39, 0.29) is 22.8 Å². The Labute approximate surface area is 253 Å². The minimum absolute atomic E-state index is 0.166. The molecule has 3 amide bonds. The van der Waals surface area contributed by atoms with Crippen molar-refractivity contribution in [3.05, 3.63) is 109 Å². The lowest BCUT2D eigenvalue weighted by atomic mass is 9.83. The Hall–Kier alpha value is -4.75. The van der Waals surface area contributed by atoms with Crippen LogP contribution in [0.1, 0.15) is 21.9 Å². The zero-order chi connectivity index (χ0) is 30.4. The second-order valence-electron chi connectivity index (χ2n) is 10.1. The molecule has 3 heterocycles. The van der Waals surface area contributed by atoms with Crippen LogP contribution in [0.5, 0.6) is 5.75 Å². The van der Waals surface area contributed by atoms with Gasteiger partial charge in [-0.2, -0.15) is 0 Å². The van der Waals surface area contributed by atoms with E-state index in [1.54, 1.807) is 36.4 Å². The zero-order valence-electron chi connectivity index (χ0n) is 22.9. The highest BCUT2D eigenvalue weighted by Gasteiger charge is 2.56. The Balaban J connectivity index is 1.40. The number of nitrogens with zero attached hydrogens (tertiary/aromatic N) is 3. The quantitative estimate of drug-likeness (QED) is 0.181. The number of anilines is 2. The van der Waals surface area contributed by atoms with Crippen LogP contribution in [0, 0.1) is 23.0 Å². The molecule has 4 aromatic rings. The highest BCUT2D eigenvalue weighted by atomic mass is 32.2. The molecule has 0 spiro atoms. The molecule has 1 N–H and O–H groups in total. The van der Waals surface area contributed by atoms with Gasteiger partial charge in [0.15, 0.2) is 0 Å². The van der Waals surface area contributed by atoms with Gasteiger partial charge in [0.2, 0.25) is 17.7 Å². The van der Waals surface area contributed by atoms with Crippen LogP contribution in [0.25, 0.3) is 0 Å². The number of amides is 3. The number of benzene rings is 3. The number of thioether (sulfide) groups is 1. The molecule has 13 heteroatoms. The first-order valence-electron chi connectivity index (χ1n) is 13.2. The number of aromatic nitrogens is 1. The van der Waals surface area contributed by atoms with E-state index in [0.717, 1.165) is 33.6 Å². The van der Waals surface area contributed by atoms with E-state index in [4.69, 9.17) is 4.74 Å². The molecular formula is C30H24N4O7S2. The molecule has 0 aliphatic carbocycles. The van der Waals surface area contributed by atoms with Gasteiger partial charge in [-0.1, -0.05) is 53.4 Å². The minimum atomic E-state index is -0.887. The number of para-hydroxylation sites is 1. The molecule has 218 valence electrons. The van der Waals surface area contributed by atoms with Crippen LogP contribution in [0.15, 0.2) is 82.6 Å². The molecule has 0 radical (unpaired) electrons. The monoisotopic (exact) mass is 616 g/mol. The Morgan fingerprint density at radius 3 is 2.35 bits per heavy atom. The van der Waals surface area contributed by atoms with Gasteiger partial charge in [-0.25, -0.2) is 4.90 Å². The summed E-state index contributed by atoms with van der Waals surface area (Å²) < 4.78 is 6.66. The van der Waals surface area contributed by atoms with E-state index in [1.165, 1.54) is 35.9 Å². The molecule has 2 aliphatic heterocycles. The van der Waals surface area contributed by atoms with Gasteiger partial charge >= 0.3 is 4.87 Å². The average Bonchev–Trinajstić information content (AvgIpc) is 3.44. The van der Waals surface area contributed by atoms with Gasteiger partial charge in [0.25, 0.3) is 5.69 Å². The van der Waals surface area contributed by atoms with Crippen LogP contribution in [0.2, 0.25) is 0 Å². The number of imide groups is 1. The molecule has 3 aromatic carbocycles. The predicted molar refractivity (Wildman–Crippen MR) is 162 cm³/mol. The lowest BCUT2D eigenvalue weighted by molar-refractivity contribution is -0.384. The number of carbonyl (C=O) groups excluding carboxylic acids is 3. The summed E-state index contributed by atoms with van der Waals surface area (Å²) in [6.45, 7) is 1.59. The molecule has 2 aliphatic rings. The summed E-state index contributed by atoms with van der Waals surface area (Å²) in [4.78, 5) is 66.1. The van der Waals surface area contributed by atoms with Crippen LogP contribution < -0.4 is 19.8 Å². The van der Waals surface area contributed by atoms with Crippen molar-refractivity contribution in [1.29, 1.82) is 0 Å². The third-order valence-corrected chi connectivity index (χ3v) is 10.2. The second kappa shape index (κ2) is 11.2. The Kier molecular flexibility index (Phi) is 7.36. The lowest BCUT2D eigenvalue weighted by Gasteiger charge is -2.30. The van der Waals surface area contributed by atoms with Gasteiger partial charge in [-0.05, 0) is 48.4 Å². The first-order chi connectivity index (χ1) is 20.7. The second-order valence-corrected chi connectivity index (χ2v) is 12.2. The SMILES string of the molecule is COc1ccc([C@H]2c3sc(=O)n(CC(=O)Nc4ccccc4C)c3SC3C(=O)N(c4ccc([N+](=O)[O-])cc4)C(=O)C32)cc1. The smallest absolute Gasteiger partial charge is 0.308 e. The fraction of sp³-hybridized carbons (Fsp3) is 0.200. The summed E-state index contributed by atoms with van der Waals surface area (Å²) in [6, 6.07) is 19.6. The third kappa shape index (κ3) is 5.00. The number of rotatable bonds is 7. The number of aryl methyl sites for hydroxylation is 1. The Bertz CT molecular complexity index is 1830. The van der Waals surface area contributed by atoms with Crippen molar-refractivity contribution in [3.63, 3.8) is 0 Å². The maximum Gasteiger partial charge on any atom is 0.308 e. The van der Waals surface area contributed by atoms with E-state index in [1.807, 2.05) is 19.1 Å². The van der Waals surface area contributed by atoms with Gasteiger partial charge in [-0.15, -0.1) is 0 Å². The Morgan fingerprint density at radius 1 is 1.00 bits per heavy atom. The van der Waals surface area contributed by atoms with Gasteiger partial charge in [0.1, 0.15) is 17.5 Å². The van der Waals surface area contributed by atoms with Crippen molar-refractivity contribution >= 4 is 57.9 Å². The standard InChI is InChI=1S/C30H24N4O7S2/c1-16-5-3-4-6-21(16)31-22(35)15-32-29-26(43-30(32)38)23(17-7-13-20(41-2)14-8-17)24-25(42-29)28(37)33(27(24)36)18-9-11-19(12-10-18)34(39)40/h3-14,23-25H,15H2,1-2H3,(H,31,35)/t23-,24?,25?/m1/s1. The summed E-state index contributed by atoms with van der Waals surface area (Å²) in [5.74, 6) is -2.25. The zero-order valence-corrected chi connectivity index (χ0v) is 24.5. The van der Waals surface area contributed by atoms with Crippen LogP contribution in [-0.2, 0) is 20.9 Å². The van der Waals surface area contributed by atoms with Crippen LogP contribution in [-0.4, -0.2) is 39.6 Å². The van der Waals surface area contributed by atoms with Gasteiger partial charge in [0.05, 0.1) is 28.7 Å². The van der Waals surface area contributed by atoms with Crippen molar-refractivity contribution in [2.24, 2.45) is 5.92 Å². The first kappa shape index (κ1) is 28.4. The van der Waals surface area contributed by atoms with E-state index in [2.05, 4.69) is 5.32 Å². The molecule has 3 atom stereocenters. The highest BCUT2D eigenvalue weighted by molar-refractivity contribution is 8.00. The number of non-ortho nitro benzene ring substituents is 1. The number of hydrogen-bond donors (Lipinski definition) is 1. The number of carbonyl (C=O) groups is 3. The van der Waals surface area contributed by atoms with E-state index in [9.17, 15) is 29.3 Å². The molecule has 1 saturated heterocycles. The Morgan fingerprint density at radius 2 is 1.70 bits per heavy atom. The number of nitro groups is 1. The summed E-state index contributed by atoms with van der Waals surface area (Å²) in [6.07, 6.45) is 0. The van der Waals surface area contributed by atoms with Crippen molar-refractivity contribution in [2.45, 2.75) is 29.7 Å². The summed E-state index contributed by atoms with van der Waals surface area (Å²) >= 11 is 2.05. The number of methoxy groups -OCH3 is 1. The number of nitro benzene ring substituents is 1. The summed E-state index contributed by atoms with van der Waals surface area (Å²) in [5.41, 5.74) is 2.27. The van der Waals surface area contributed by atoms with E-state index in [0.29, 0.717) is 26.9 Å². The molecule has 1 fully saturated rings. The fourth-order valence-electron chi connectivity index (χ4n) is 5.45. The summed E-state index contributed by atoms with van der Waals surface area (Å²) in [5, 5.41) is 13.6. The molecule has 1 aromatic heterocycles. The number of fused-ring (bicyclic) bond motifs is 2. The number of ether oxygens (including phenoxy) is 1. The van der Waals surface area contributed by atoms with Gasteiger partial charge in [-0.3, -0.25) is 33.9 Å². The molecule has 43 heavy (non-hydrogen) atoms. The van der Waals surface area contributed by atoms with Crippen LogP contribution in [0.3, 0.4) is 0 Å². The van der Waals surface area contributed by atoms with E-state index >= 15 is 0 Å². The molecule has 6 rings (SSSR count). The van der Waals surface area contributed by atoms with Gasteiger partial charge < -0.3 is 10.1 Å². The molecule has 0 saturated carbocycles. The normalized spacial score (nSPS) is 19.1. The molecular weight excluding hydrogens is 592 g/mol. The van der Waals surface area contributed by atoms with Crippen molar-refractivity contribution < 1.29 is 24.0 Å². The molecule has 11 nitrogen and oxygen atoms in total. The molecule has 2 unspecified atom stereocenters. The summed E-state index contributed by atoms with van der Waals surface area (Å²) in [7, 11) is 1.54. The van der Waals surface area contributed by atoms with Crippen LogP contribution >= 0.6 is 23.1 Å². The fourth-order valence-corrected chi connectivity index (χ4v) is 8.22. The minimum Gasteiger partial charge on any atom is -0.497 e. The number of thiazole rings is 1. The van der Waals surface area contributed by atoms with Crippen molar-refractivity contribution in [2.75, 3.05) is 17.3 Å². The molecule has 0 bridgehead atoms. The lowest BCUT2D eigenvalue weighted by Crippen LogP contribution is -2.33. The average molecular weight is 617 g/mol. The highest BCUT2D eigenvalue weighted by Crippen LogP contribution is 2.54. The predicted octanol–water partition coefficient (Wildman–Crippen LogP) is 4.57. The number of nitrogens with one attached hydrogen (secondary N) is 1. The number of hydrogen-bond acceptors (Lipinski definition) is 9.